The van der Waals surface area contributed by atoms with Crippen molar-refractivity contribution in [3.63, 3.8) is 0 Å². The lowest BCUT2D eigenvalue weighted by Gasteiger charge is -2.24. The second-order valence-corrected chi connectivity index (χ2v) is 9.94. The summed E-state index contributed by atoms with van der Waals surface area (Å²) in [5.74, 6) is -4.30. The summed E-state index contributed by atoms with van der Waals surface area (Å²) in [4.78, 5) is 64.3. The number of aliphatic carboxylic acids is 2. The first-order chi connectivity index (χ1) is 18.1. The predicted molar refractivity (Wildman–Crippen MR) is 147 cm³/mol. The molecule has 0 fully saturated rings. The van der Waals surface area contributed by atoms with Crippen molar-refractivity contribution in [1.29, 1.82) is 0 Å². The summed E-state index contributed by atoms with van der Waals surface area (Å²) >= 11 is 5.34. The van der Waals surface area contributed by atoms with Gasteiger partial charge in [0.1, 0.15) is 18.1 Å². The van der Waals surface area contributed by atoms with Gasteiger partial charge in [0.25, 0.3) is 0 Å². The van der Waals surface area contributed by atoms with Crippen molar-refractivity contribution in [2.24, 2.45) is 5.73 Å². The number of hydrogen-bond donors (Lipinski definition) is 8. The number of aromatic nitrogens is 1. The summed E-state index contributed by atoms with van der Waals surface area (Å²) in [5, 5.41) is 26.6. The van der Waals surface area contributed by atoms with Crippen LogP contribution in [0.3, 0.4) is 0 Å². The molecular weight excluding hydrogens is 534 g/mol. The van der Waals surface area contributed by atoms with Crippen LogP contribution in [0.5, 0.6) is 0 Å². The van der Waals surface area contributed by atoms with Crippen LogP contribution < -0.4 is 21.7 Å². The molecule has 4 atom stereocenters. The number of carbonyl (C=O) groups is 5. The molecular formula is C24H33N5O7S2. The minimum atomic E-state index is -1.28. The van der Waals surface area contributed by atoms with Crippen molar-refractivity contribution in [2.75, 3.05) is 17.8 Å². The monoisotopic (exact) mass is 567 g/mol. The van der Waals surface area contributed by atoms with Gasteiger partial charge in [0.05, 0.1) is 6.04 Å². The number of carboxylic acids is 2. The smallest absolute Gasteiger partial charge is 0.327 e. The topological polar surface area (TPSA) is 204 Å². The van der Waals surface area contributed by atoms with Gasteiger partial charge in [-0.05, 0) is 42.9 Å². The van der Waals surface area contributed by atoms with Crippen LogP contribution in [0.25, 0.3) is 10.9 Å². The summed E-state index contributed by atoms with van der Waals surface area (Å²) in [7, 11) is 0. The number of para-hydroxylation sites is 1. The van der Waals surface area contributed by atoms with Gasteiger partial charge in [-0.1, -0.05) is 18.2 Å². The zero-order valence-electron chi connectivity index (χ0n) is 20.8. The predicted octanol–water partition coefficient (Wildman–Crippen LogP) is 0.124. The summed E-state index contributed by atoms with van der Waals surface area (Å²) in [6.07, 6.45) is 3.24. The first-order valence-corrected chi connectivity index (χ1v) is 13.9. The molecule has 0 aliphatic heterocycles. The van der Waals surface area contributed by atoms with Gasteiger partial charge in [0, 0.05) is 29.3 Å². The quantitative estimate of drug-likeness (QED) is 0.130. The number of amides is 3. The van der Waals surface area contributed by atoms with E-state index in [9.17, 15) is 29.1 Å². The molecule has 1 aromatic heterocycles. The van der Waals surface area contributed by atoms with Crippen molar-refractivity contribution in [1.82, 2.24) is 20.9 Å². The highest BCUT2D eigenvalue weighted by Crippen LogP contribution is 2.19. The summed E-state index contributed by atoms with van der Waals surface area (Å²) < 4.78 is 0. The van der Waals surface area contributed by atoms with Crippen molar-refractivity contribution in [2.45, 2.75) is 49.9 Å². The molecule has 0 aliphatic carbocycles. The molecule has 14 heteroatoms. The SMILES string of the molecule is CSCCC(NC(=O)C(CCC(=O)O)NC(=O)C(N)Cc1c[nH]c2ccccc12)C(=O)NC(CS)C(=O)O. The minimum Gasteiger partial charge on any atom is -0.481 e. The number of benzene rings is 1. The maximum atomic E-state index is 13.1. The number of thioether (sulfide) groups is 1. The van der Waals surface area contributed by atoms with E-state index >= 15 is 0 Å². The standard InChI is InChI=1S/C24H33N5O7S2/c1-38-9-8-18(23(34)29-19(12-37)24(35)36)28-22(33)17(6-7-20(30)31)27-21(32)15(25)10-13-11-26-16-5-3-2-4-14(13)16/h2-5,11,15,17-19,26,37H,6-10,12,25H2,1H3,(H,27,32)(H,28,33)(H,29,34)(H,30,31)(H,35,36). The van der Waals surface area contributed by atoms with Crippen LogP contribution in [0.4, 0.5) is 0 Å². The molecule has 0 radical (unpaired) electrons. The molecule has 2 aromatic rings. The Labute approximate surface area is 229 Å². The van der Waals surface area contributed by atoms with Crippen LogP contribution in [0, 0.1) is 0 Å². The molecule has 1 heterocycles. The molecule has 2 rings (SSSR count). The van der Waals surface area contributed by atoms with Gasteiger partial charge < -0.3 is 36.9 Å². The van der Waals surface area contributed by atoms with Crippen molar-refractivity contribution in [3.05, 3.63) is 36.0 Å². The average Bonchev–Trinajstić information content (AvgIpc) is 3.29. The molecule has 0 bridgehead atoms. The highest BCUT2D eigenvalue weighted by molar-refractivity contribution is 7.98. The largest absolute Gasteiger partial charge is 0.481 e. The summed E-state index contributed by atoms with van der Waals surface area (Å²) in [5.41, 5.74) is 7.80. The molecule has 0 aliphatic rings. The van der Waals surface area contributed by atoms with Crippen molar-refractivity contribution in [3.8, 4) is 0 Å². The van der Waals surface area contributed by atoms with E-state index in [1.54, 1.807) is 12.5 Å². The van der Waals surface area contributed by atoms with Crippen LogP contribution in [-0.2, 0) is 30.4 Å². The van der Waals surface area contributed by atoms with E-state index in [0.29, 0.717) is 5.75 Å². The molecule has 12 nitrogen and oxygen atoms in total. The lowest BCUT2D eigenvalue weighted by Crippen LogP contribution is -2.57. The van der Waals surface area contributed by atoms with Gasteiger partial charge >= 0.3 is 11.9 Å². The Hall–Kier alpha value is -3.23. The number of fused-ring (bicyclic) bond motifs is 1. The molecule has 38 heavy (non-hydrogen) atoms. The van der Waals surface area contributed by atoms with Crippen LogP contribution in [0.1, 0.15) is 24.8 Å². The average molecular weight is 568 g/mol. The Morgan fingerprint density at radius 3 is 2.18 bits per heavy atom. The number of nitrogens with one attached hydrogen (secondary N) is 4. The maximum Gasteiger partial charge on any atom is 0.327 e. The van der Waals surface area contributed by atoms with Gasteiger partial charge in [0.2, 0.25) is 17.7 Å². The van der Waals surface area contributed by atoms with Gasteiger partial charge in [-0.3, -0.25) is 19.2 Å². The lowest BCUT2D eigenvalue weighted by atomic mass is 10.0. The lowest BCUT2D eigenvalue weighted by molar-refractivity contribution is -0.141. The van der Waals surface area contributed by atoms with E-state index in [1.807, 2.05) is 24.3 Å². The Morgan fingerprint density at radius 1 is 0.974 bits per heavy atom. The number of rotatable bonds is 16. The Kier molecular flexibility index (Phi) is 12.4. The van der Waals surface area contributed by atoms with Crippen LogP contribution in [-0.4, -0.2) is 86.8 Å². The number of hydrogen-bond acceptors (Lipinski definition) is 8. The first-order valence-electron chi connectivity index (χ1n) is 11.8. The molecule has 8 N–H and O–H groups in total. The maximum absolute atomic E-state index is 13.1. The molecule has 0 saturated heterocycles. The van der Waals surface area contributed by atoms with E-state index in [-0.39, 0.29) is 25.0 Å². The third-order valence-corrected chi connectivity index (χ3v) is 6.78. The molecule has 3 amide bonds. The summed E-state index contributed by atoms with van der Waals surface area (Å²) in [6, 6.07) is 2.82. The second kappa shape index (κ2) is 15.2. The number of carboxylic acid groups (broad SMARTS) is 2. The minimum absolute atomic E-state index is 0.157. The molecule has 4 unspecified atom stereocenters. The van der Waals surface area contributed by atoms with Crippen molar-refractivity contribution >= 4 is 65.0 Å². The zero-order valence-corrected chi connectivity index (χ0v) is 22.5. The fourth-order valence-electron chi connectivity index (χ4n) is 3.68. The number of carbonyl (C=O) groups excluding carboxylic acids is 3. The number of thiol groups is 1. The summed E-state index contributed by atoms with van der Waals surface area (Å²) in [6.45, 7) is 0. The van der Waals surface area contributed by atoms with Gasteiger partial charge in [-0.25, -0.2) is 4.79 Å². The third-order valence-electron chi connectivity index (χ3n) is 5.77. The van der Waals surface area contributed by atoms with Gasteiger partial charge in [-0.15, -0.1) is 0 Å². The molecule has 0 saturated carbocycles. The highest BCUT2D eigenvalue weighted by Gasteiger charge is 2.30. The number of H-pyrrole nitrogens is 1. The number of aromatic amines is 1. The fraction of sp³-hybridized carbons (Fsp3) is 0.458. The van der Waals surface area contributed by atoms with Crippen LogP contribution in [0.2, 0.25) is 0 Å². The number of nitrogens with two attached hydrogens (primary N) is 1. The molecule has 1 aromatic carbocycles. The second-order valence-electron chi connectivity index (χ2n) is 8.59. The first kappa shape index (κ1) is 31.0. The van der Waals surface area contributed by atoms with E-state index in [0.717, 1.165) is 16.5 Å². The molecule has 0 spiro atoms. The third kappa shape index (κ3) is 9.26. The Morgan fingerprint density at radius 2 is 1.58 bits per heavy atom. The fourth-order valence-corrected chi connectivity index (χ4v) is 4.40. The van der Waals surface area contributed by atoms with Crippen molar-refractivity contribution < 1.29 is 34.2 Å². The van der Waals surface area contributed by atoms with E-state index in [1.165, 1.54) is 11.8 Å². The van der Waals surface area contributed by atoms with E-state index in [4.69, 9.17) is 10.8 Å². The molecule has 208 valence electrons. The normalized spacial score (nSPS) is 14.2. The van der Waals surface area contributed by atoms with Gasteiger partial charge in [-0.2, -0.15) is 24.4 Å². The van der Waals surface area contributed by atoms with Gasteiger partial charge in [0.15, 0.2) is 0 Å². The van der Waals surface area contributed by atoms with Crippen LogP contribution >= 0.6 is 24.4 Å². The Balaban J connectivity index is 2.13. The van der Waals surface area contributed by atoms with E-state index < -0.39 is 60.2 Å². The van der Waals surface area contributed by atoms with Crippen LogP contribution in [0.15, 0.2) is 30.5 Å². The van der Waals surface area contributed by atoms with E-state index in [2.05, 4.69) is 33.6 Å². The Bertz CT molecular complexity index is 1140. The highest BCUT2D eigenvalue weighted by atomic mass is 32.2. The zero-order chi connectivity index (χ0) is 28.2.